The summed E-state index contributed by atoms with van der Waals surface area (Å²) in [6.45, 7) is 7.56. The molecule has 16 heavy (non-hydrogen) atoms. The minimum absolute atomic E-state index is 0.306. The molecule has 0 aliphatic carbocycles. The van der Waals surface area contributed by atoms with E-state index in [1.807, 2.05) is 11.7 Å². The van der Waals surface area contributed by atoms with E-state index in [9.17, 15) is 0 Å². The SMILES string of the molecule is CCNC(CC(C)CC)c1c(Cl)cnn1C. The Balaban J connectivity index is 2.84. The number of hydrogen-bond acceptors (Lipinski definition) is 2. The summed E-state index contributed by atoms with van der Waals surface area (Å²) < 4.78 is 1.87. The zero-order valence-corrected chi connectivity index (χ0v) is 11.4. The smallest absolute Gasteiger partial charge is 0.0834 e. The third kappa shape index (κ3) is 3.22. The largest absolute Gasteiger partial charge is 0.309 e. The van der Waals surface area contributed by atoms with Gasteiger partial charge in [-0.25, -0.2) is 0 Å². The molecule has 92 valence electrons. The second-order valence-electron chi connectivity index (χ2n) is 4.36. The molecule has 0 aliphatic rings. The van der Waals surface area contributed by atoms with E-state index in [0.717, 1.165) is 23.7 Å². The second kappa shape index (κ2) is 6.26. The Morgan fingerprint density at radius 2 is 2.19 bits per heavy atom. The lowest BCUT2D eigenvalue weighted by atomic mass is 9.97. The molecule has 0 fully saturated rings. The monoisotopic (exact) mass is 243 g/mol. The standard InChI is InChI=1S/C12H22ClN3/c1-5-9(3)7-11(14-6-2)12-10(13)8-15-16(12)4/h8-9,11,14H,5-7H2,1-4H3. The Morgan fingerprint density at radius 1 is 1.50 bits per heavy atom. The summed E-state index contributed by atoms with van der Waals surface area (Å²) in [5.74, 6) is 0.690. The molecule has 1 heterocycles. The van der Waals surface area contributed by atoms with E-state index in [2.05, 4.69) is 31.2 Å². The highest BCUT2D eigenvalue weighted by Gasteiger charge is 2.19. The van der Waals surface area contributed by atoms with Gasteiger partial charge in [0.2, 0.25) is 0 Å². The maximum Gasteiger partial charge on any atom is 0.0834 e. The average Bonchev–Trinajstić information content (AvgIpc) is 2.58. The summed E-state index contributed by atoms with van der Waals surface area (Å²) in [4.78, 5) is 0. The van der Waals surface area contributed by atoms with Crippen molar-refractivity contribution in [2.75, 3.05) is 6.54 Å². The van der Waals surface area contributed by atoms with Gasteiger partial charge in [-0.15, -0.1) is 0 Å². The first-order valence-corrected chi connectivity index (χ1v) is 6.38. The topological polar surface area (TPSA) is 29.9 Å². The van der Waals surface area contributed by atoms with E-state index < -0.39 is 0 Å². The number of nitrogens with one attached hydrogen (secondary N) is 1. The van der Waals surface area contributed by atoms with Crippen molar-refractivity contribution in [2.45, 2.75) is 39.7 Å². The van der Waals surface area contributed by atoms with Gasteiger partial charge in [0.05, 0.1) is 23.0 Å². The molecule has 0 spiro atoms. The Labute approximate surface area is 103 Å². The molecular weight excluding hydrogens is 222 g/mol. The summed E-state index contributed by atoms with van der Waals surface area (Å²) >= 11 is 6.18. The highest BCUT2D eigenvalue weighted by molar-refractivity contribution is 6.31. The van der Waals surface area contributed by atoms with E-state index in [1.165, 1.54) is 6.42 Å². The molecule has 1 N–H and O–H groups in total. The minimum atomic E-state index is 0.306. The maximum absolute atomic E-state index is 6.18. The minimum Gasteiger partial charge on any atom is -0.309 e. The zero-order valence-electron chi connectivity index (χ0n) is 10.6. The van der Waals surface area contributed by atoms with Gasteiger partial charge < -0.3 is 5.32 Å². The van der Waals surface area contributed by atoms with Crippen LogP contribution in [0.25, 0.3) is 0 Å². The Morgan fingerprint density at radius 3 is 2.62 bits per heavy atom. The molecule has 1 aromatic rings. The third-order valence-corrected chi connectivity index (χ3v) is 3.34. The van der Waals surface area contributed by atoms with Gasteiger partial charge in [-0.1, -0.05) is 38.8 Å². The molecule has 0 bridgehead atoms. The molecule has 4 heteroatoms. The van der Waals surface area contributed by atoms with Crippen LogP contribution in [0, 0.1) is 5.92 Å². The van der Waals surface area contributed by atoms with Gasteiger partial charge in [-0.2, -0.15) is 5.10 Å². The highest BCUT2D eigenvalue weighted by atomic mass is 35.5. The number of aromatic nitrogens is 2. The van der Waals surface area contributed by atoms with E-state index >= 15 is 0 Å². The molecule has 0 saturated carbocycles. The molecule has 1 rings (SSSR count). The quantitative estimate of drug-likeness (QED) is 0.832. The van der Waals surface area contributed by atoms with Crippen LogP contribution in [0.5, 0.6) is 0 Å². The van der Waals surface area contributed by atoms with E-state index in [0.29, 0.717) is 12.0 Å². The van der Waals surface area contributed by atoms with Gasteiger partial charge in [0.1, 0.15) is 0 Å². The van der Waals surface area contributed by atoms with Crippen LogP contribution in [0.2, 0.25) is 5.02 Å². The van der Waals surface area contributed by atoms with Crippen LogP contribution >= 0.6 is 11.6 Å². The molecule has 2 atom stereocenters. The maximum atomic E-state index is 6.18. The van der Waals surface area contributed by atoms with Crippen molar-refractivity contribution in [3.05, 3.63) is 16.9 Å². The molecular formula is C12H22ClN3. The molecule has 0 aromatic carbocycles. The first-order chi connectivity index (χ1) is 7.60. The predicted molar refractivity (Wildman–Crippen MR) is 68.7 cm³/mol. The van der Waals surface area contributed by atoms with Crippen molar-refractivity contribution in [2.24, 2.45) is 13.0 Å². The van der Waals surface area contributed by atoms with E-state index in [-0.39, 0.29) is 0 Å². The Kier molecular flexibility index (Phi) is 5.29. The van der Waals surface area contributed by atoms with Crippen LogP contribution in [0.1, 0.15) is 45.3 Å². The van der Waals surface area contributed by atoms with Crippen molar-refractivity contribution in [3.8, 4) is 0 Å². The average molecular weight is 244 g/mol. The Hall–Kier alpha value is -0.540. The normalized spacial score (nSPS) is 15.1. The molecule has 3 nitrogen and oxygen atoms in total. The molecule has 1 aromatic heterocycles. The fourth-order valence-corrected chi connectivity index (χ4v) is 2.22. The lowest BCUT2D eigenvalue weighted by Gasteiger charge is -2.21. The van der Waals surface area contributed by atoms with Crippen molar-refractivity contribution in [3.63, 3.8) is 0 Å². The van der Waals surface area contributed by atoms with E-state index in [1.54, 1.807) is 6.20 Å². The van der Waals surface area contributed by atoms with Gasteiger partial charge in [0, 0.05) is 7.05 Å². The summed E-state index contributed by atoms with van der Waals surface area (Å²) in [5.41, 5.74) is 1.10. The van der Waals surface area contributed by atoms with Crippen molar-refractivity contribution < 1.29 is 0 Å². The predicted octanol–water partition coefficient (Wildman–Crippen LogP) is 3.16. The summed E-state index contributed by atoms with van der Waals surface area (Å²) in [6.07, 6.45) is 4.01. The van der Waals surface area contributed by atoms with Gasteiger partial charge in [-0.3, -0.25) is 4.68 Å². The van der Waals surface area contributed by atoms with Crippen molar-refractivity contribution in [1.29, 1.82) is 0 Å². The number of nitrogens with zero attached hydrogens (tertiary/aromatic N) is 2. The van der Waals surface area contributed by atoms with Gasteiger partial charge >= 0.3 is 0 Å². The fourth-order valence-electron chi connectivity index (χ4n) is 1.92. The van der Waals surface area contributed by atoms with Crippen LogP contribution < -0.4 is 5.32 Å². The van der Waals surface area contributed by atoms with Crippen LogP contribution in [-0.4, -0.2) is 16.3 Å². The van der Waals surface area contributed by atoms with Crippen LogP contribution in [0.3, 0.4) is 0 Å². The number of hydrogen-bond donors (Lipinski definition) is 1. The summed E-state index contributed by atoms with van der Waals surface area (Å²) in [5, 5.41) is 8.44. The van der Waals surface area contributed by atoms with Gasteiger partial charge in [0.15, 0.2) is 0 Å². The first kappa shape index (κ1) is 13.5. The zero-order chi connectivity index (χ0) is 12.1. The summed E-state index contributed by atoms with van der Waals surface area (Å²) in [6, 6.07) is 0.306. The second-order valence-corrected chi connectivity index (χ2v) is 4.77. The molecule has 0 radical (unpaired) electrons. The Bertz CT molecular complexity index is 303. The lowest BCUT2D eigenvalue weighted by Crippen LogP contribution is -2.25. The van der Waals surface area contributed by atoms with Crippen LogP contribution in [0.15, 0.2) is 6.20 Å². The fraction of sp³-hybridized carbons (Fsp3) is 0.750. The van der Waals surface area contributed by atoms with Gasteiger partial charge in [0.25, 0.3) is 0 Å². The van der Waals surface area contributed by atoms with Crippen LogP contribution in [0.4, 0.5) is 0 Å². The lowest BCUT2D eigenvalue weighted by molar-refractivity contribution is 0.392. The van der Waals surface area contributed by atoms with Crippen molar-refractivity contribution in [1.82, 2.24) is 15.1 Å². The third-order valence-electron chi connectivity index (χ3n) is 3.05. The van der Waals surface area contributed by atoms with Gasteiger partial charge in [-0.05, 0) is 18.9 Å². The van der Waals surface area contributed by atoms with Crippen molar-refractivity contribution >= 4 is 11.6 Å². The number of halogens is 1. The summed E-state index contributed by atoms with van der Waals surface area (Å²) in [7, 11) is 1.95. The molecule has 2 unspecified atom stereocenters. The number of rotatable bonds is 6. The van der Waals surface area contributed by atoms with E-state index in [4.69, 9.17) is 11.6 Å². The first-order valence-electron chi connectivity index (χ1n) is 6.00. The molecule has 0 amide bonds. The molecule has 0 aliphatic heterocycles. The number of aryl methyl sites for hydroxylation is 1. The van der Waals surface area contributed by atoms with Crippen LogP contribution in [-0.2, 0) is 7.05 Å². The highest BCUT2D eigenvalue weighted by Crippen LogP contribution is 2.27. The molecule has 0 saturated heterocycles.